The van der Waals surface area contributed by atoms with E-state index in [2.05, 4.69) is 17.2 Å². The van der Waals surface area contributed by atoms with Crippen molar-refractivity contribution in [3.05, 3.63) is 23.9 Å². The van der Waals surface area contributed by atoms with Crippen molar-refractivity contribution in [3.63, 3.8) is 0 Å². The van der Waals surface area contributed by atoms with Gasteiger partial charge in [-0.25, -0.2) is 4.98 Å². The van der Waals surface area contributed by atoms with Crippen molar-refractivity contribution in [2.45, 2.75) is 26.1 Å². The number of hydrogen-bond acceptors (Lipinski definition) is 3. The first-order valence-corrected chi connectivity index (χ1v) is 5.86. The van der Waals surface area contributed by atoms with Gasteiger partial charge in [-0.2, -0.15) is 13.2 Å². The summed E-state index contributed by atoms with van der Waals surface area (Å²) in [5.41, 5.74) is 0.933. The minimum Gasteiger partial charge on any atom is -0.351 e. The molecule has 0 atom stereocenters. The number of pyridine rings is 1. The smallest absolute Gasteiger partial charge is 0.351 e. The second-order valence-electron chi connectivity index (χ2n) is 4.17. The van der Waals surface area contributed by atoms with Gasteiger partial charge in [0.1, 0.15) is 12.4 Å². The number of nitrogens with zero attached hydrogens (tertiary/aromatic N) is 2. The Morgan fingerprint density at radius 3 is 2.72 bits per heavy atom. The Labute approximate surface area is 105 Å². The van der Waals surface area contributed by atoms with Gasteiger partial charge < -0.3 is 10.2 Å². The normalized spacial score (nSPS) is 11.6. The molecule has 1 rings (SSSR count). The molecular formula is C12H18F3N3. The van der Waals surface area contributed by atoms with Crippen LogP contribution >= 0.6 is 0 Å². The molecule has 0 spiro atoms. The highest BCUT2D eigenvalue weighted by molar-refractivity contribution is 5.40. The molecule has 102 valence electrons. The van der Waals surface area contributed by atoms with Gasteiger partial charge in [0.25, 0.3) is 0 Å². The number of rotatable bonds is 6. The molecule has 0 unspecified atom stereocenters. The van der Waals surface area contributed by atoms with Crippen LogP contribution in [0.2, 0.25) is 0 Å². The van der Waals surface area contributed by atoms with E-state index in [1.807, 2.05) is 0 Å². The van der Waals surface area contributed by atoms with Crippen molar-refractivity contribution in [1.29, 1.82) is 0 Å². The van der Waals surface area contributed by atoms with Gasteiger partial charge in [0, 0.05) is 19.8 Å². The summed E-state index contributed by atoms with van der Waals surface area (Å²) < 4.78 is 36.8. The SMILES string of the molecule is CCCNCc1ccnc(N(C)CC(F)(F)F)c1. The number of anilines is 1. The average Bonchev–Trinajstić information content (AvgIpc) is 2.27. The zero-order valence-corrected chi connectivity index (χ0v) is 10.6. The van der Waals surface area contributed by atoms with Crippen molar-refractivity contribution in [2.75, 3.05) is 25.0 Å². The maximum absolute atomic E-state index is 12.3. The Balaban J connectivity index is 2.63. The number of hydrogen-bond donors (Lipinski definition) is 1. The van der Waals surface area contributed by atoms with E-state index in [1.54, 1.807) is 12.1 Å². The van der Waals surface area contributed by atoms with Gasteiger partial charge in [-0.1, -0.05) is 6.92 Å². The third kappa shape index (κ3) is 5.35. The van der Waals surface area contributed by atoms with Gasteiger partial charge in [0.2, 0.25) is 0 Å². The molecule has 0 aliphatic heterocycles. The maximum atomic E-state index is 12.3. The first kappa shape index (κ1) is 14.8. The highest BCUT2D eigenvalue weighted by Gasteiger charge is 2.29. The fourth-order valence-electron chi connectivity index (χ4n) is 1.54. The van der Waals surface area contributed by atoms with E-state index in [1.165, 1.54) is 13.2 Å². The summed E-state index contributed by atoms with van der Waals surface area (Å²) in [6, 6.07) is 3.47. The van der Waals surface area contributed by atoms with E-state index in [0.717, 1.165) is 23.4 Å². The molecule has 0 aliphatic rings. The van der Waals surface area contributed by atoms with Crippen molar-refractivity contribution < 1.29 is 13.2 Å². The fraction of sp³-hybridized carbons (Fsp3) is 0.583. The first-order valence-electron chi connectivity index (χ1n) is 5.86. The molecule has 0 radical (unpaired) electrons. The molecular weight excluding hydrogens is 243 g/mol. The van der Waals surface area contributed by atoms with Crippen LogP contribution in [0.1, 0.15) is 18.9 Å². The van der Waals surface area contributed by atoms with Gasteiger partial charge >= 0.3 is 6.18 Å². The average molecular weight is 261 g/mol. The monoisotopic (exact) mass is 261 g/mol. The second-order valence-corrected chi connectivity index (χ2v) is 4.17. The van der Waals surface area contributed by atoms with Crippen LogP contribution in [0.4, 0.5) is 19.0 Å². The molecule has 3 nitrogen and oxygen atoms in total. The van der Waals surface area contributed by atoms with Gasteiger partial charge in [-0.05, 0) is 30.7 Å². The van der Waals surface area contributed by atoms with Crippen molar-refractivity contribution >= 4 is 5.82 Å². The van der Waals surface area contributed by atoms with Gasteiger partial charge in [0.15, 0.2) is 0 Å². The van der Waals surface area contributed by atoms with E-state index < -0.39 is 12.7 Å². The van der Waals surface area contributed by atoms with Crippen LogP contribution in [0.3, 0.4) is 0 Å². The zero-order chi connectivity index (χ0) is 13.6. The maximum Gasteiger partial charge on any atom is 0.405 e. The lowest BCUT2D eigenvalue weighted by Crippen LogP contribution is -2.31. The summed E-state index contributed by atoms with van der Waals surface area (Å²) >= 11 is 0. The van der Waals surface area contributed by atoms with Crippen LogP contribution in [-0.2, 0) is 6.54 Å². The van der Waals surface area contributed by atoms with E-state index in [0.29, 0.717) is 12.4 Å². The summed E-state index contributed by atoms with van der Waals surface area (Å²) in [6.07, 6.45) is -1.66. The highest BCUT2D eigenvalue weighted by atomic mass is 19.4. The Morgan fingerprint density at radius 1 is 1.39 bits per heavy atom. The first-order chi connectivity index (χ1) is 8.42. The third-order valence-corrected chi connectivity index (χ3v) is 2.37. The lowest BCUT2D eigenvalue weighted by atomic mass is 10.2. The molecule has 0 fully saturated rings. The highest BCUT2D eigenvalue weighted by Crippen LogP contribution is 2.19. The summed E-state index contributed by atoms with van der Waals surface area (Å²) in [7, 11) is 1.39. The van der Waals surface area contributed by atoms with Crippen LogP contribution in [0.15, 0.2) is 18.3 Å². The van der Waals surface area contributed by atoms with Gasteiger partial charge in [-0.3, -0.25) is 0 Å². The molecule has 18 heavy (non-hydrogen) atoms. The van der Waals surface area contributed by atoms with Crippen molar-refractivity contribution in [1.82, 2.24) is 10.3 Å². The number of aromatic nitrogens is 1. The molecule has 6 heteroatoms. The van der Waals surface area contributed by atoms with E-state index >= 15 is 0 Å². The van der Waals surface area contributed by atoms with Crippen LogP contribution < -0.4 is 10.2 Å². The molecule has 0 saturated heterocycles. The molecule has 0 aromatic carbocycles. The molecule has 0 bridgehead atoms. The van der Waals surface area contributed by atoms with Crippen LogP contribution in [0.5, 0.6) is 0 Å². The Hall–Kier alpha value is -1.30. The van der Waals surface area contributed by atoms with E-state index in [4.69, 9.17) is 0 Å². The predicted octanol–water partition coefficient (Wildman–Crippen LogP) is 2.58. The second kappa shape index (κ2) is 6.58. The topological polar surface area (TPSA) is 28.2 Å². The summed E-state index contributed by atoms with van der Waals surface area (Å²) in [4.78, 5) is 5.05. The van der Waals surface area contributed by atoms with Crippen molar-refractivity contribution in [3.8, 4) is 0 Å². The summed E-state index contributed by atoms with van der Waals surface area (Å²) in [6.45, 7) is 2.59. The number of nitrogens with one attached hydrogen (secondary N) is 1. The van der Waals surface area contributed by atoms with Crippen molar-refractivity contribution in [2.24, 2.45) is 0 Å². The van der Waals surface area contributed by atoms with Crippen LogP contribution in [0.25, 0.3) is 0 Å². The molecule has 1 heterocycles. The van der Waals surface area contributed by atoms with Crippen LogP contribution in [0, 0.1) is 0 Å². The summed E-state index contributed by atoms with van der Waals surface area (Å²) in [5, 5.41) is 3.20. The largest absolute Gasteiger partial charge is 0.405 e. The Kier molecular flexibility index (Phi) is 5.40. The standard InChI is InChI=1S/C12H18F3N3/c1-3-5-16-8-10-4-6-17-11(7-10)18(2)9-12(13,14)15/h4,6-7,16H,3,5,8-9H2,1-2H3. The minimum absolute atomic E-state index is 0.336. The molecule has 1 aromatic heterocycles. The Morgan fingerprint density at radius 2 is 2.11 bits per heavy atom. The quantitative estimate of drug-likeness (QED) is 0.798. The third-order valence-electron chi connectivity index (χ3n) is 2.37. The zero-order valence-electron chi connectivity index (χ0n) is 10.6. The number of alkyl halides is 3. The molecule has 1 N–H and O–H groups in total. The number of halogens is 3. The lowest BCUT2D eigenvalue weighted by Gasteiger charge is -2.20. The van der Waals surface area contributed by atoms with Gasteiger partial charge in [0.05, 0.1) is 0 Å². The molecule has 0 saturated carbocycles. The predicted molar refractivity (Wildman–Crippen MR) is 65.6 cm³/mol. The Bertz CT molecular complexity index is 366. The van der Waals surface area contributed by atoms with E-state index in [-0.39, 0.29) is 0 Å². The van der Waals surface area contributed by atoms with E-state index in [9.17, 15) is 13.2 Å². The molecule has 0 aliphatic carbocycles. The fourth-order valence-corrected chi connectivity index (χ4v) is 1.54. The summed E-state index contributed by atoms with van der Waals surface area (Å²) in [5.74, 6) is 0.336. The molecule has 0 amide bonds. The lowest BCUT2D eigenvalue weighted by molar-refractivity contribution is -0.119. The minimum atomic E-state index is -4.22. The molecule has 1 aromatic rings. The van der Waals surface area contributed by atoms with Crippen LogP contribution in [-0.4, -0.2) is 31.3 Å². The van der Waals surface area contributed by atoms with Gasteiger partial charge in [-0.15, -0.1) is 0 Å².